The van der Waals surface area contributed by atoms with Gasteiger partial charge in [-0.25, -0.2) is 4.98 Å². The second-order valence-corrected chi connectivity index (χ2v) is 4.33. The van der Waals surface area contributed by atoms with E-state index in [0.29, 0.717) is 0 Å². The second-order valence-electron chi connectivity index (χ2n) is 4.33. The Hall–Kier alpha value is -2.55. The molecule has 0 aliphatic rings. The molecule has 3 heteroatoms. The quantitative estimate of drug-likeness (QED) is 0.536. The van der Waals surface area contributed by atoms with E-state index in [4.69, 9.17) is 0 Å². The molecule has 0 radical (unpaired) electrons. The Morgan fingerprint density at radius 3 is 2.83 bits per heavy atom. The Morgan fingerprint density at radius 2 is 1.83 bits per heavy atom. The monoisotopic (exact) mass is 233 g/mol. The van der Waals surface area contributed by atoms with Crippen LogP contribution in [-0.4, -0.2) is 14.5 Å². The maximum atomic E-state index is 4.64. The number of hydrogen-bond acceptors (Lipinski definition) is 1. The molecule has 0 saturated carbocycles. The van der Waals surface area contributed by atoms with E-state index in [2.05, 4.69) is 45.0 Å². The van der Waals surface area contributed by atoms with Crippen molar-refractivity contribution < 1.29 is 0 Å². The van der Waals surface area contributed by atoms with E-state index in [0.717, 1.165) is 16.9 Å². The van der Waals surface area contributed by atoms with Crippen LogP contribution in [0.25, 0.3) is 27.8 Å². The number of hydrogen-bond donors (Lipinski definition) is 1. The molecule has 0 spiro atoms. The van der Waals surface area contributed by atoms with E-state index >= 15 is 0 Å². The standard InChI is InChI=1S/C15H11N3/c1-2-4-13-11(3-1)8-10-18(13)14-6-5-12-7-9-16-15(12)17-14/h1-10H,(H,16,17). The van der Waals surface area contributed by atoms with Gasteiger partial charge in [0.1, 0.15) is 11.5 Å². The van der Waals surface area contributed by atoms with Gasteiger partial charge < -0.3 is 9.55 Å². The molecule has 4 aromatic rings. The van der Waals surface area contributed by atoms with E-state index in [1.54, 1.807) is 0 Å². The Kier molecular flexibility index (Phi) is 1.83. The van der Waals surface area contributed by atoms with Crippen molar-refractivity contribution in [2.24, 2.45) is 0 Å². The van der Waals surface area contributed by atoms with Crippen molar-refractivity contribution in [3.63, 3.8) is 0 Å². The van der Waals surface area contributed by atoms with Crippen LogP contribution >= 0.6 is 0 Å². The lowest BCUT2D eigenvalue weighted by molar-refractivity contribution is 1.06. The highest BCUT2D eigenvalue weighted by Gasteiger charge is 2.04. The zero-order valence-corrected chi connectivity index (χ0v) is 9.67. The van der Waals surface area contributed by atoms with Crippen LogP contribution in [-0.2, 0) is 0 Å². The highest BCUT2D eigenvalue weighted by molar-refractivity contribution is 5.82. The van der Waals surface area contributed by atoms with Gasteiger partial charge in [-0.3, -0.25) is 0 Å². The normalized spacial score (nSPS) is 11.3. The summed E-state index contributed by atoms with van der Waals surface area (Å²) >= 11 is 0. The molecular weight excluding hydrogens is 222 g/mol. The lowest BCUT2D eigenvalue weighted by Crippen LogP contribution is -1.95. The maximum absolute atomic E-state index is 4.64. The van der Waals surface area contributed by atoms with E-state index in [1.807, 2.05) is 30.5 Å². The lowest BCUT2D eigenvalue weighted by atomic mass is 10.2. The molecule has 0 atom stereocenters. The van der Waals surface area contributed by atoms with Crippen molar-refractivity contribution in [1.29, 1.82) is 0 Å². The van der Waals surface area contributed by atoms with Crippen molar-refractivity contribution >= 4 is 21.9 Å². The Balaban J connectivity index is 2.00. The first-order valence-electron chi connectivity index (χ1n) is 5.92. The SMILES string of the molecule is c1ccc2c(c1)ccn2-c1ccc2cc[nH]c2n1. The summed E-state index contributed by atoms with van der Waals surface area (Å²) in [6.45, 7) is 0. The number of rotatable bonds is 1. The van der Waals surface area contributed by atoms with Crippen LogP contribution in [0.4, 0.5) is 0 Å². The predicted molar refractivity (Wildman–Crippen MR) is 72.9 cm³/mol. The largest absolute Gasteiger partial charge is 0.346 e. The van der Waals surface area contributed by atoms with Crippen molar-refractivity contribution in [1.82, 2.24) is 14.5 Å². The molecular formula is C15H11N3. The molecule has 4 rings (SSSR count). The number of aromatic amines is 1. The van der Waals surface area contributed by atoms with Gasteiger partial charge >= 0.3 is 0 Å². The van der Waals surface area contributed by atoms with E-state index in [9.17, 15) is 0 Å². The van der Waals surface area contributed by atoms with Crippen molar-refractivity contribution in [3.05, 3.63) is 60.9 Å². The smallest absolute Gasteiger partial charge is 0.139 e. The average Bonchev–Trinajstić information content (AvgIpc) is 3.04. The van der Waals surface area contributed by atoms with Crippen LogP contribution < -0.4 is 0 Å². The van der Waals surface area contributed by atoms with Gasteiger partial charge in [0.2, 0.25) is 0 Å². The summed E-state index contributed by atoms with van der Waals surface area (Å²) in [6, 6.07) is 16.6. The molecule has 18 heavy (non-hydrogen) atoms. The number of aromatic nitrogens is 3. The zero-order chi connectivity index (χ0) is 11.9. The first-order valence-corrected chi connectivity index (χ1v) is 5.92. The van der Waals surface area contributed by atoms with Crippen molar-refractivity contribution in [3.8, 4) is 5.82 Å². The Bertz CT molecular complexity index is 839. The molecule has 0 saturated heterocycles. The Labute approximate surface area is 104 Å². The fraction of sp³-hybridized carbons (Fsp3) is 0. The second kappa shape index (κ2) is 3.47. The summed E-state index contributed by atoms with van der Waals surface area (Å²) in [7, 11) is 0. The molecule has 3 aromatic heterocycles. The summed E-state index contributed by atoms with van der Waals surface area (Å²) in [4.78, 5) is 7.78. The van der Waals surface area contributed by atoms with E-state index in [1.165, 1.54) is 10.9 Å². The summed E-state index contributed by atoms with van der Waals surface area (Å²) < 4.78 is 2.11. The van der Waals surface area contributed by atoms with Crippen LogP contribution in [0.5, 0.6) is 0 Å². The average molecular weight is 233 g/mol. The minimum absolute atomic E-state index is 0.922. The van der Waals surface area contributed by atoms with Gasteiger partial charge in [-0.05, 0) is 35.7 Å². The first kappa shape index (κ1) is 9.48. The molecule has 1 aromatic carbocycles. The van der Waals surface area contributed by atoms with Gasteiger partial charge in [0.25, 0.3) is 0 Å². The number of benzene rings is 1. The third-order valence-corrected chi connectivity index (χ3v) is 3.24. The maximum Gasteiger partial charge on any atom is 0.139 e. The van der Waals surface area contributed by atoms with Gasteiger partial charge in [0.05, 0.1) is 5.52 Å². The minimum atomic E-state index is 0.922. The van der Waals surface area contributed by atoms with Gasteiger partial charge in [-0.2, -0.15) is 0 Å². The molecule has 0 unspecified atom stereocenters. The molecule has 0 aliphatic carbocycles. The number of H-pyrrole nitrogens is 1. The summed E-state index contributed by atoms with van der Waals surface area (Å²) in [5.74, 6) is 0.936. The third kappa shape index (κ3) is 1.27. The van der Waals surface area contributed by atoms with Crippen molar-refractivity contribution in [2.45, 2.75) is 0 Å². The van der Waals surface area contributed by atoms with Crippen LogP contribution in [0.3, 0.4) is 0 Å². The fourth-order valence-corrected chi connectivity index (χ4v) is 2.34. The van der Waals surface area contributed by atoms with Crippen molar-refractivity contribution in [2.75, 3.05) is 0 Å². The topological polar surface area (TPSA) is 33.6 Å². The van der Waals surface area contributed by atoms with Gasteiger partial charge in [-0.1, -0.05) is 18.2 Å². The lowest BCUT2D eigenvalue weighted by Gasteiger charge is -2.04. The molecule has 0 bridgehead atoms. The number of fused-ring (bicyclic) bond motifs is 2. The minimum Gasteiger partial charge on any atom is -0.346 e. The van der Waals surface area contributed by atoms with E-state index in [-0.39, 0.29) is 0 Å². The summed E-state index contributed by atoms with van der Waals surface area (Å²) in [6.07, 6.45) is 3.97. The summed E-state index contributed by atoms with van der Waals surface area (Å²) in [5, 5.41) is 2.36. The fourth-order valence-electron chi connectivity index (χ4n) is 2.34. The van der Waals surface area contributed by atoms with Gasteiger partial charge in [0, 0.05) is 17.8 Å². The van der Waals surface area contributed by atoms with Crippen LogP contribution in [0.2, 0.25) is 0 Å². The number of pyridine rings is 1. The third-order valence-electron chi connectivity index (χ3n) is 3.24. The molecule has 0 aliphatic heterocycles. The van der Waals surface area contributed by atoms with Crippen LogP contribution in [0.15, 0.2) is 60.9 Å². The Morgan fingerprint density at radius 1 is 0.889 bits per heavy atom. The molecule has 86 valence electrons. The highest BCUT2D eigenvalue weighted by Crippen LogP contribution is 2.20. The molecule has 3 nitrogen and oxygen atoms in total. The molecule has 0 fully saturated rings. The van der Waals surface area contributed by atoms with Gasteiger partial charge in [0.15, 0.2) is 0 Å². The predicted octanol–water partition coefficient (Wildman–Crippen LogP) is 3.51. The van der Waals surface area contributed by atoms with Crippen LogP contribution in [0, 0.1) is 0 Å². The number of nitrogens with one attached hydrogen (secondary N) is 1. The highest BCUT2D eigenvalue weighted by atomic mass is 15.1. The number of para-hydroxylation sites is 1. The number of nitrogens with zero attached hydrogens (tertiary/aromatic N) is 2. The van der Waals surface area contributed by atoms with Gasteiger partial charge in [-0.15, -0.1) is 0 Å². The van der Waals surface area contributed by atoms with E-state index < -0.39 is 0 Å². The van der Waals surface area contributed by atoms with Crippen LogP contribution in [0.1, 0.15) is 0 Å². The summed E-state index contributed by atoms with van der Waals surface area (Å²) in [5.41, 5.74) is 2.10. The molecule has 1 N–H and O–H groups in total. The zero-order valence-electron chi connectivity index (χ0n) is 9.67. The molecule has 3 heterocycles. The first-order chi connectivity index (χ1) is 8.92. The molecule has 0 amide bonds.